The Balaban J connectivity index is 2.47. The number of methoxy groups -OCH3 is 1. The van der Waals surface area contributed by atoms with Crippen LogP contribution in [0.4, 0.5) is 0 Å². The van der Waals surface area contributed by atoms with E-state index in [-0.39, 0.29) is 6.04 Å². The molecule has 4 heteroatoms. The molecule has 2 nitrogen and oxygen atoms in total. The standard InChI is InChI=1S/C17H22ClNOS/c1-5-8-19-16(17-11(2)9-12(3)21-17)14-7-6-13(18)10-15(14)20-4/h6-7,9-10,16,19H,5,8H2,1-4H3. The lowest BCUT2D eigenvalue weighted by atomic mass is 10.0. The molecule has 1 heterocycles. The van der Waals surface area contributed by atoms with E-state index >= 15 is 0 Å². The van der Waals surface area contributed by atoms with Gasteiger partial charge in [-0.15, -0.1) is 11.3 Å². The van der Waals surface area contributed by atoms with Crippen LogP contribution in [0, 0.1) is 13.8 Å². The van der Waals surface area contributed by atoms with Crippen molar-refractivity contribution in [3.63, 3.8) is 0 Å². The first-order valence-corrected chi connectivity index (χ1v) is 8.40. The summed E-state index contributed by atoms with van der Waals surface area (Å²) < 4.78 is 5.54. The molecular formula is C17H22ClNOS. The number of thiophene rings is 1. The largest absolute Gasteiger partial charge is 0.496 e. The molecule has 1 aromatic carbocycles. The van der Waals surface area contributed by atoms with Crippen LogP contribution in [0.25, 0.3) is 0 Å². The number of ether oxygens (including phenoxy) is 1. The van der Waals surface area contributed by atoms with Gasteiger partial charge in [0, 0.05) is 20.3 Å². The van der Waals surface area contributed by atoms with E-state index in [4.69, 9.17) is 16.3 Å². The smallest absolute Gasteiger partial charge is 0.125 e. The van der Waals surface area contributed by atoms with Gasteiger partial charge in [-0.2, -0.15) is 0 Å². The molecule has 0 aliphatic rings. The van der Waals surface area contributed by atoms with Gasteiger partial charge >= 0.3 is 0 Å². The second-order valence-corrected chi connectivity index (χ2v) is 6.90. The summed E-state index contributed by atoms with van der Waals surface area (Å²) in [6, 6.07) is 8.26. The van der Waals surface area contributed by atoms with Gasteiger partial charge in [-0.05, 0) is 50.6 Å². The fourth-order valence-electron chi connectivity index (χ4n) is 2.50. The van der Waals surface area contributed by atoms with Crippen molar-refractivity contribution >= 4 is 22.9 Å². The highest BCUT2D eigenvalue weighted by Gasteiger charge is 2.21. The number of hydrogen-bond donors (Lipinski definition) is 1. The third-order valence-corrected chi connectivity index (χ3v) is 4.90. The maximum Gasteiger partial charge on any atom is 0.125 e. The lowest BCUT2D eigenvalue weighted by molar-refractivity contribution is 0.404. The predicted octanol–water partition coefficient (Wildman–Crippen LogP) is 5.12. The first-order chi connectivity index (χ1) is 10.1. The highest BCUT2D eigenvalue weighted by atomic mass is 35.5. The minimum Gasteiger partial charge on any atom is -0.496 e. The summed E-state index contributed by atoms with van der Waals surface area (Å²) in [4.78, 5) is 2.68. The first kappa shape index (κ1) is 16.3. The maximum atomic E-state index is 6.09. The Labute approximate surface area is 136 Å². The van der Waals surface area contributed by atoms with Crippen molar-refractivity contribution in [3.05, 3.63) is 50.2 Å². The molecular weight excluding hydrogens is 302 g/mol. The van der Waals surface area contributed by atoms with E-state index in [0.717, 1.165) is 24.3 Å². The van der Waals surface area contributed by atoms with Crippen LogP contribution in [0.2, 0.25) is 5.02 Å². The zero-order valence-corrected chi connectivity index (χ0v) is 14.6. The summed E-state index contributed by atoms with van der Waals surface area (Å²) in [5.41, 5.74) is 2.46. The Morgan fingerprint density at radius 3 is 2.62 bits per heavy atom. The molecule has 0 aliphatic carbocycles. The van der Waals surface area contributed by atoms with Crippen LogP contribution in [-0.2, 0) is 0 Å². The molecule has 1 unspecified atom stereocenters. The molecule has 0 radical (unpaired) electrons. The number of halogens is 1. The molecule has 0 spiro atoms. The van der Waals surface area contributed by atoms with Gasteiger partial charge in [0.2, 0.25) is 0 Å². The fourth-order valence-corrected chi connectivity index (χ4v) is 3.79. The van der Waals surface area contributed by atoms with Crippen molar-refractivity contribution in [1.82, 2.24) is 5.32 Å². The molecule has 1 N–H and O–H groups in total. The normalized spacial score (nSPS) is 12.4. The van der Waals surface area contributed by atoms with Gasteiger partial charge in [0.25, 0.3) is 0 Å². The van der Waals surface area contributed by atoms with E-state index in [1.807, 2.05) is 23.5 Å². The molecule has 0 aliphatic heterocycles. The van der Waals surface area contributed by atoms with Gasteiger partial charge in [0.1, 0.15) is 5.75 Å². The van der Waals surface area contributed by atoms with Gasteiger partial charge in [-0.3, -0.25) is 0 Å². The highest BCUT2D eigenvalue weighted by molar-refractivity contribution is 7.12. The molecule has 0 fully saturated rings. The van der Waals surface area contributed by atoms with E-state index < -0.39 is 0 Å². The summed E-state index contributed by atoms with van der Waals surface area (Å²) in [5, 5.41) is 4.34. The van der Waals surface area contributed by atoms with Crippen molar-refractivity contribution in [2.75, 3.05) is 13.7 Å². The van der Waals surface area contributed by atoms with E-state index in [1.54, 1.807) is 7.11 Å². The Kier molecular flexibility index (Phi) is 5.68. The molecule has 2 aromatic rings. The monoisotopic (exact) mass is 323 g/mol. The summed E-state index contributed by atoms with van der Waals surface area (Å²) in [6.45, 7) is 7.46. The van der Waals surface area contributed by atoms with Gasteiger partial charge in [0.05, 0.1) is 13.2 Å². The summed E-state index contributed by atoms with van der Waals surface area (Å²) in [5.74, 6) is 0.835. The Morgan fingerprint density at radius 2 is 2.05 bits per heavy atom. The molecule has 1 atom stereocenters. The zero-order chi connectivity index (χ0) is 15.4. The van der Waals surface area contributed by atoms with E-state index in [9.17, 15) is 0 Å². The van der Waals surface area contributed by atoms with Crippen molar-refractivity contribution in [2.45, 2.75) is 33.2 Å². The number of aryl methyl sites for hydroxylation is 2. The second-order valence-electron chi connectivity index (χ2n) is 5.18. The minimum absolute atomic E-state index is 0.149. The van der Waals surface area contributed by atoms with Crippen LogP contribution in [0.1, 0.15) is 40.3 Å². The fraction of sp³-hybridized carbons (Fsp3) is 0.412. The number of rotatable bonds is 6. The number of benzene rings is 1. The van der Waals surface area contributed by atoms with Crippen LogP contribution in [0.15, 0.2) is 24.3 Å². The van der Waals surface area contributed by atoms with Gasteiger partial charge < -0.3 is 10.1 Å². The van der Waals surface area contributed by atoms with Crippen molar-refractivity contribution in [1.29, 1.82) is 0 Å². The van der Waals surface area contributed by atoms with Crippen LogP contribution in [0.5, 0.6) is 5.75 Å². The zero-order valence-electron chi connectivity index (χ0n) is 13.0. The topological polar surface area (TPSA) is 21.3 Å². The minimum atomic E-state index is 0.149. The van der Waals surface area contributed by atoms with Crippen molar-refractivity contribution in [2.24, 2.45) is 0 Å². The lowest BCUT2D eigenvalue weighted by Gasteiger charge is -2.21. The molecule has 0 saturated heterocycles. The van der Waals surface area contributed by atoms with E-state index in [1.165, 1.54) is 15.3 Å². The van der Waals surface area contributed by atoms with Crippen LogP contribution < -0.4 is 10.1 Å². The second kappa shape index (κ2) is 7.30. The molecule has 1 aromatic heterocycles. The molecule has 0 saturated carbocycles. The Morgan fingerprint density at radius 1 is 1.29 bits per heavy atom. The maximum absolute atomic E-state index is 6.09. The van der Waals surface area contributed by atoms with Crippen LogP contribution in [0.3, 0.4) is 0 Å². The first-order valence-electron chi connectivity index (χ1n) is 7.20. The molecule has 21 heavy (non-hydrogen) atoms. The summed E-state index contributed by atoms with van der Waals surface area (Å²) in [7, 11) is 1.69. The third-order valence-electron chi connectivity index (χ3n) is 3.45. The van der Waals surface area contributed by atoms with Crippen LogP contribution in [-0.4, -0.2) is 13.7 Å². The Hall–Kier alpha value is -1.03. The van der Waals surface area contributed by atoms with Gasteiger partial charge in [0.15, 0.2) is 0 Å². The van der Waals surface area contributed by atoms with Crippen LogP contribution >= 0.6 is 22.9 Å². The average molecular weight is 324 g/mol. The summed E-state index contributed by atoms with van der Waals surface area (Å²) in [6.07, 6.45) is 1.09. The van der Waals surface area contributed by atoms with Gasteiger partial charge in [-0.1, -0.05) is 24.6 Å². The third kappa shape index (κ3) is 3.79. The summed E-state index contributed by atoms with van der Waals surface area (Å²) >= 11 is 7.93. The molecule has 0 amide bonds. The van der Waals surface area contributed by atoms with E-state index in [2.05, 4.69) is 38.2 Å². The van der Waals surface area contributed by atoms with Crippen molar-refractivity contribution in [3.8, 4) is 5.75 Å². The lowest BCUT2D eigenvalue weighted by Crippen LogP contribution is -2.23. The molecule has 114 valence electrons. The van der Waals surface area contributed by atoms with Gasteiger partial charge in [-0.25, -0.2) is 0 Å². The van der Waals surface area contributed by atoms with Crippen molar-refractivity contribution < 1.29 is 4.74 Å². The van der Waals surface area contributed by atoms with E-state index in [0.29, 0.717) is 5.02 Å². The predicted molar refractivity (Wildman–Crippen MR) is 91.9 cm³/mol. The SMILES string of the molecule is CCCNC(c1ccc(Cl)cc1OC)c1sc(C)cc1C. The average Bonchev–Trinajstić information content (AvgIpc) is 2.79. The Bertz CT molecular complexity index is 609. The number of hydrogen-bond acceptors (Lipinski definition) is 3. The number of nitrogens with one attached hydrogen (secondary N) is 1. The quantitative estimate of drug-likeness (QED) is 0.797. The molecule has 0 bridgehead atoms. The molecule has 2 rings (SSSR count). The highest BCUT2D eigenvalue weighted by Crippen LogP contribution is 2.37.